The Kier molecular flexibility index (Phi) is 2.74. The van der Waals surface area contributed by atoms with E-state index in [0.29, 0.717) is 22.1 Å². The number of benzene rings is 1. The lowest BCUT2D eigenvalue weighted by Gasteiger charge is -2.28. The SMILES string of the molecule is Clc1cc(Cl)c2c(c1)OCCC2NC1CC1. The maximum atomic E-state index is 6.24. The Balaban J connectivity index is 1.95. The molecule has 0 spiro atoms. The molecule has 4 heteroatoms. The molecule has 3 rings (SSSR count). The van der Waals surface area contributed by atoms with Gasteiger partial charge in [0.05, 0.1) is 11.6 Å². The Labute approximate surface area is 105 Å². The van der Waals surface area contributed by atoms with Crippen LogP contribution >= 0.6 is 23.2 Å². The van der Waals surface area contributed by atoms with Crippen LogP contribution in [-0.4, -0.2) is 12.6 Å². The Morgan fingerprint density at radius 1 is 1.19 bits per heavy atom. The second kappa shape index (κ2) is 4.10. The molecule has 1 fully saturated rings. The van der Waals surface area contributed by atoms with Crippen molar-refractivity contribution in [3.63, 3.8) is 0 Å². The predicted molar refractivity (Wildman–Crippen MR) is 65.5 cm³/mol. The number of hydrogen-bond acceptors (Lipinski definition) is 2. The molecule has 16 heavy (non-hydrogen) atoms. The number of fused-ring (bicyclic) bond motifs is 1. The lowest BCUT2D eigenvalue weighted by Crippen LogP contribution is -2.28. The van der Waals surface area contributed by atoms with Crippen LogP contribution in [0.1, 0.15) is 30.9 Å². The lowest BCUT2D eigenvalue weighted by atomic mass is 10.0. The minimum absolute atomic E-state index is 0.320. The largest absolute Gasteiger partial charge is 0.493 e. The summed E-state index contributed by atoms with van der Waals surface area (Å²) in [5, 5.41) is 4.95. The molecule has 0 amide bonds. The van der Waals surface area contributed by atoms with Crippen LogP contribution in [0.25, 0.3) is 0 Å². The van der Waals surface area contributed by atoms with Gasteiger partial charge in [0.1, 0.15) is 5.75 Å². The molecule has 1 unspecified atom stereocenters. The van der Waals surface area contributed by atoms with Crippen LogP contribution in [0, 0.1) is 0 Å². The van der Waals surface area contributed by atoms with Crippen molar-refractivity contribution in [3.05, 3.63) is 27.7 Å². The zero-order valence-corrected chi connectivity index (χ0v) is 10.3. The first-order valence-electron chi connectivity index (χ1n) is 5.62. The van der Waals surface area contributed by atoms with Crippen molar-refractivity contribution in [2.24, 2.45) is 0 Å². The molecule has 1 aromatic carbocycles. The molecule has 2 aliphatic rings. The standard InChI is InChI=1S/C12H13Cl2NO/c13-7-5-9(14)12-10(15-8-1-2-8)3-4-16-11(12)6-7/h5-6,8,10,15H,1-4H2. The number of rotatable bonds is 2. The summed E-state index contributed by atoms with van der Waals surface area (Å²) in [6.45, 7) is 0.730. The van der Waals surface area contributed by atoms with Crippen molar-refractivity contribution in [2.75, 3.05) is 6.61 Å². The summed E-state index contributed by atoms with van der Waals surface area (Å²) in [6.07, 6.45) is 3.53. The molecule has 0 bridgehead atoms. The molecule has 0 aromatic heterocycles. The zero-order valence-electron chi connectivity index (χ0n) is 8.80. The van der Waals surface area contributed by atoms with Crippen LogP contribution in [0.4, 0.5) is 0 Å². The van der Waals surface area contributed by atoms with Gasteiger partial charge in [0, 0.05) is 29.1 Å². The molecule has 0 radical (unpaired) electrons. The number of ether oxygens (including phenoxy) is 1. The first-order valence-corrected chi connectivity index (χ1v) is 6.37. The maximum Gasteiger partial charge on any atom is 0.127 e. The first-order chi connectivity index (χ1) is 7.74. The molecule has 1 aliphatic carbocycles. The lowest BCUT2D eigenvalue weighted by molar-refractivity contribution is 0.252. The van der Waals surface area contributed by atoms with Gasteiger partial charge in [-0.15, -0.1) is 0 Å². The van der Waals surface area contributed by atoms with Crippen molar-refractivity contribution in [3.8, 4) is 5.75 Å². The molecule has 2 nitrogen and oxygen atoms in total. The van der Waals surface area contributed by atoms with Gasteiger partial charge in [0.2, 0.25) is 0 Å². The average molecular weight is 258 g/mol. The predicted octanol–water partition coefficient (Wildman–Crippen LogP) is 3.57. The van der Waals surface area contributed by atoms with Gasteiger partial charge >= 0.3 is 0 Å². The third kappa shape index (κ3) is 2.02. The summed E-state index contributed by atoms with van der Waals surface area (Å²) < 4.78 is 5.61. The van der Waals surface area contributed by atoms with E-state index in [1.54, 1.807) is 6.07 Å². The minimum atomic E-state index is 0.320. The Hall–Kier alpha value is -0.440. The highest BCUT2D eigenvalue weighted by atomic mass is 35.5. The van der Waals surface area contributed by atoms with E-state index in [0.717, 1.165) is 24.3 Å². The fourth-order valence-electron chi connectivity index (χ4n) is 2.15. The van der Waals surface area contributed by atoms with E-state index in [1.165, 1.54) is 12.8 Å². The second-order valence-electron chi connectivity index (χ2n) is 4.43. The summed E-state index contributed by atoms with van der Waals surface area (Å²) in [5.41, 5.74) is 1.07. The van der Waals surface area contributed by atoms with E-state index in [4.69, 9.17) is 27.9 Å². The third-order valence-electron chi connectivity index (χ3n) is 3.08. The molecule has 86 valence electrons. The van der Waals surface area contributed by atoms with E-state index in [-0.39, 0.29) is 0 Å². The van der Waals surface area contributed by atoms with E-state index in [2.05, 4.69) is 5.32 Å². The smallest absolute Gasteiger partial charge is 0.127 e. The fraction of sp³-hybridized carbons (Fsp3) is 0.500. The second-order valence-corrected chi connectivity index (χ2v) is 5.27. The highest BCUT2D eigenvalue weighted by molar-refractivity contribution is 6.35. The minimum Gasteiger partial charge on any atom is -0.493 e. The van der Waals surface area contributed by atoms with Gasteiger partial charge in [0.25, 0.3) is 0 Å². The highest BCUT2D eigenvalue weighted by Crippen LogP contribution is 2.40. The van der Waals surface area contributed by atoms with E-state index >= 15 is 0 Å². The van der Waals surface area contributed by atoms with Crippen LogP contribution in [0.5, 0.6) is 5.75 Å². The van der Waals surface area contributed by atoms with E-state index in [9.17, 15) is 0 Å². The van der Waals surface area contributed by atoms with E-state index in [1.807, 2.05) is 6.07 Å². The van der Waals surface area contributed by atoms with Crippen LogP contribution < -0.4 is 10.1 Å². The van der Waals surface area contributed by atoms with Crippen LogP contribution in [0.15, 0.2) is 12.1 Å². The normalized spacial score (nSPS) is 23.8. The van der Waals surface area contributed by atoms with Gasteiger partial charge in [-0.3, -0.25) is 0 Å². The molecule has 1 saturated carbocycles. The van der Waals surface area contributed by atoms with Crippen molar-refractivity contribution >= 4 is 23.2 Å². The van der Waals surface area contributed by atoms with Gasteiger partial charge < -0.3 is 10.1 Å². The van der Waals surface area contributed by atoms with Crippen molar-refractivity contribution in [1.29, 1.82) is 0 Å². The van der Waals surface area contributed by atoms with Gasteiger partial charge in [-0.1, -0.05) is 23.2 Å². The average Bonchev–Trinajstić information content (AvgIpc) is 3.00. The first kappa shape index (κ1) is 10.7. The van der Waals surface area contributed by atoms with E-state index < -0.39 is 0 Å². The molecule has 1 aliphatic heterocycles. The van der Waals surface area contributed by atoms with Gasteiger partial charge in [0.15, 0.2) is 0 Å². The summed E-state index contributed by atoms with van der Waals surface area (Å²) in [4.78, 5) is 0. The molecular formula is C12H13Cl2NO. The van der Waals surface area contributed by atoms with Gasteiger partial charge in [-0.2, -0.15) is 0 Å². The Morgan fingerprint density at radius 3 is 2.75 bits per heavy atom. The summed E-state index contributed by atoms with van der Waals surface area (Å²) in [6, 6.07) is 4.63. The topological polar surface area (TPSA) is 21.3 Å². The maximum absolute atomic E-state index is 6.24. The molecular weight excluding hydrogens is 245 g/mol. The van der Waals surface area contributed by atoms with Gasteiger partial charge in [-0.05, 0) is 25.0 Å². The molecule has 0 saturated heterocycles. The molecule has 1 N–H and O–H groups in total. The van der Waals surface area contributed by atoms with Crippen molar-refractivity contribution in [1.82, 2.24) is 5.32 Å². The van der Waals surface area contributed by atoms with Crippen molar-refractivity contribution < 1.29 is 4.74 Å². The zero-order chi connectivity index (χ0) is 11.1. The summed E-state index contributed by atoms with van der Waals surface area (Å²) in [5.74, 6) is 0.835. The highest BCUT2D eigenvalue weighted by Gasteiger charge is 2.30. The van der Waals surface area contributed by atoms with Crippen LogP contribution in [-0.2, 0) is 0 Å². The summed E-state index contributed by atoms with van der Waals surface area (Å²) >= 11 is 12.2. The number of hydrogen-bond donors (Lipinski definition) is 1. The third-order valence-corrected chi connectivity index (χ3v) is 3.61. The Bertz CT molecular complexity index is 418. The monoisotopic (exact) mass is 257 g/mol. The van der Waals surface area contributed by atoms with Crippen molar-refractivity contribution in [2.45, 2.75) is 31.3 Å². The van der Waals surface area contributed by atoms with Crippen LogP contribution in [0.3, 0.4) is 0 Å². The fourth-order valence-corrected chi connectivity index (χ4v) is 2.76. The molecule has 1 aromatic rings. The summed E-state index contributed by atoms with van der Waals surface area (Å²) in [7, 11) is 0. The van der Waals surface area contributed by atoms with Gasteiger partial charge in [-0.25, -0.2) is 0 Å². The molecule has 1 atom stereocenters. The Morgan fingerprint density at radius 2 is 2.00 bits per heavy atom. The van der Waals surface area contributed by atoms with Crippen LogP contribution in [0.2, 0.25) is 10.0 Å². The number of halogens is 2. The number of nitrogens with one attached hydrogen (secondary N) is 1. The quantitative estimate of drug-likeness (QED) is 0.875. The molecule has 1 heterocycles.